The van der Waals surface area contributed by atoms with Crippen LogP contribution in [0.1, 0.15) is 88.2 Å². The van der Waals surface area contributed by atoms with Gasteiger partial charge < -0.3 is 15.2 Å². The highest BCUT2D eigenvalue weighted by atomic mass is 16.5. The predicted molar refractivity (Wildman–Crippen MR) is 171 cm³/mol. The number of amides is 1. The van der Waals surface area contributed by atoms with E-state index in [1.807, 2.05) is 59.3 Å². The maximum atomic E-state index is 13.1. The van der Waals surface area contributed by atoms with Gasteiger partial charge >= 0.3 is 5.97 Å². The van der Waals surface area contributed by atoms with E-state index in [4.69, 9.17) is 4.74 Å². The second-order valence-corrected chi connectivity index (χ2v) is 12.2. The Balaban J connectivity index is 1.46. The van der Waals surface area contributed by atoms with Gasteiger partial charge in [-0.25, -0.2) is 9.78 Å². The fourth-order valence-corrected chi connectivity index (χ4v) is 4.95. The van der Waals surface area contributed by atoms with Crippen LogP contribution in [-0.2, 0) is 15.7 Å². The third-order valence-corrected chi connectivity index (χ3v) is 7.80. The molecule has 1 amide bonds. The summed E-state index contributed by atoms with van der Waals surface area (Å²) in [4.78, 5) is 30.1. The molecule has 0 aliphatic heterocycles. The number of aliphatic carboxylic acids is 1. The summed E-state index contributed by atoms with van der Waals surface area (Å²) in [6.07, 6.45) is 9.61. The van der Waals surface area contributed by atoms with Gasteiger partial charge in [0.1, 0.15) is 11.6 Å². The van der Waals surface area contributed by atoms with Gasteiger partial charge in [0.05, 0.1) is 6.61 Å². The quantitative estimate of drug-likeness (QED) is 0.157. The van der Waals surface area contributed by atoms with Gasteiger partial charge in [-0.05, 0) is 66.3 Å². The van der Waals surface area contributed by atoms with Crippen molar-refractivity contribution >= 4 is 11.9 Å². The van der Waals surface area contributed by atoms with Crippen LogP contribution in [0.25, 0.3) is 17.1 Å². The lowest BCUT2D eigenvalue weighted by molar-refractivity contribution is -0.144. The summed E-state index contributed by atoms with van der Waals surface area (Å²) < 4.78 is 7.88. The molecule has 0 saturated heterocycles. The summed E-state index contributed by atoms with van der Waals surface area (Å²) in [5.74, 6) is -0.0415. The number of benzene rings is 3. The van der Waals surface area contributed by atoms with E-state index in [0.29, 0.717) is 17.7 Å². The van der Waals surface area contributed by atoms with Crippen LogP contribution in [0.2, 0.25) is 0 Å². The maximum Gasteiger partial charge on any atom is 0.333 e. The minimum absolute atomic E-state index is 0.0495. The van der Waals surface area contributed by atoms with Crippen molar-refractivity contribution in [1.29, 1.82) is 0 Å². The molecule has 0 fully saturated rings. The molecule has 1 aromatic heterocycles. The highest BCUT2D eigenvalue weighted by Crippen LogP contribution is 2.28. The molecule has 7 heteroatoms. The van der Waals surface area contributed by atoms with Crippen molar-refractivity contribution in [2.24, 2.45) is 0 Å². The van der Waals surface area contributed by atoms with E-state index < -0.39 is 17.4 Å². The molecule has 0 saturated carbocycles. The Morgan fingerprint density at radius 2 is 1.47 bits per heavy atom. The molecule has 0 bridgehead atoms. The molecule has 226 valence electrons. The zero-order chi connectivity index (χ0) is 31.0. The third kappa shape index (κ3) is 7.72. The summed E-state index contributed by atoms with van der Waals surface area (Å²) in [5, 5.41) is 12.9. The van der Waals surface area contributed by atoms with E-state index in [2.05, 4.69) is 38.0 Å². The number of unbranched alkanes of at least 4 members (excludes halogenated alkanes) is 4. The summed E-state index contributed by atoms with van der Waals surface area (Å²) in [6.45, 7) is 10.7. The Bertz CT molecular complexity index is 1500. The summed E-state index contributed by atoms with van der Waals surface area (Å²) in [5.41, 5.74) is 2.03. The first-order valence-corrected chi connectivity index (χ1v) is 15.1. The molecule has 1 atom stereocenters. The molecule has 4 rings (SSSR count). The first-order chi connectivity index (χ1) is 20.5. The Morgan fingerprint density at radius 1 is 0.837 bits per heavy atom. The van der Waals surface area contributed by atoms with Crippen LogP contribution < -0.4 is 10.1 Å². The molecule has 4 aromatic rings. The van der Waals surface area contributed by atoms with Crippen molar-refractivity contribution in [2.75, 3.05) is 6.61 Å². The fraction of sp³-hybridized carbons (Fsp3) is 0.361. The zero-order valence-electron chi connectivity index (χ0n) is 25.9. The van der Waals surface area contributed by atoms with Crippen LogP contribution in [0.3, 0.4) is 0 Å². The van der Waals surface area contributed by atoms with Crippen molar-refractivity contribution in [3.63, 3.8) is 0 Å². The SMILES string of the molecule is CCCCCCCOc1ccc(-n2ccnc2-c2ccc([C@](C)(NC(=O)c3ccc(C(C)(C)C)cc3)C(=O)O)cc2)cc1. The van der Waals surface area contributed by atoms with Crippen LogP contribution in [0, 0.1) is 0 Å². The molecule has 43 heavy (non-hydrogen) atoms. The average molecular weight is 582 g/mol. The molecule has 0 spiro atoms. The van der Waals surface area contributed by atoms with E-state index in [1.54, 1.807) is 30.5 Å². The number of nitrogens with zero attached hydrogens (tertiary/aromatic N) is 2. The van der Waals surface area contributed by atoms with Crippen molar-refractivity contribution in [2.45, 2.75) is 77.7 Å². The number of carboxylic acid groups (broad SMARTS) is 1. The van der Waals surface area contributed by atoms with Crippen LogP contribution in [0.15, 0.2) is 85.2 Å². The number of rotatable bonds is 13. The van der Waals surface area contributed by atoms with Gasteiger partial charge in [-0.1, -0.05) is 89.8 Å². The Labute approximate surface area is 254 Å². The molecule has 0 radical (unpaired) electrons. The van der Waals surface area contributed by atoms with Crippen LogP contribution >= 0.6 is 0 Å². The Morgan fingerprint density at radius 3 is 2.07 bits per heavy atom. The second kappa shape index (κ2) is 13.7. The van der Waals surface area contributed by atoms with Crippen molar-refractivity contribution in [3.05, 3.63) is 102 Å². The van der Waals surface area contributed by atoms with E-state index >= 15 is 0 Å². The van der Waals surface area contributed by atoms with E-state index in [0.717, 1.165) is 34.8 Å². The van der Waals surface area contributed by atoms with Crippen molar-refractivity contribution in [3.8, 4) is 22.8 Å². The highest BCUT2D eigenvalue weighted by molar-refractivity contribution is 5.98. The van der Waals surface area contributed by atoms with Gasteiger partial charge in [0.25, 0.3) is 5.91 Å². The third-order valence-electron chi connectivity index (χ3n) is 7.80. The van der Waals surface area contributed by atoms with Gasteiger partial charge in [0, 0.05) is 29.2 Å². The zero-order valence-corrected chi connectivity index (χ0v) is 25.9. The number of aromatic nitrogens is 2. The molecule has 3 aromatic carbocycles. The normalized spacial score (nSPS) is 12.9. The number of hydrogen-bond acceptors (Lipinski definition) is 4. The number of ether oxygens (including phenoxy) is 1. The number of carboxylic acids is 1. The minimum atomic E-state index is -1.63. The molecular formula is C36H43N3O4. The highest BCUT2D eigenvalue weighted by Gasteiger charge is 2.37. The lowest BCUT2D eigenvalue weighted by Gasteiger charge is -2.27. The molecule has 0 unspecified atom stereocenters. The number of carbonyl (C=O) groups excluding carboxylic acids is 1. The lowest BCUT2D eigenvalue weighted by Crippen LogP contribution is -2.49. The van der Waals surface area contributed by atoms with E-state index in [1.165, 1.54) is 32.6 Å². The monoisotopic (exact) mass is 581 g/mol. The largest absolute Gasteiger partial charge is 0.494 e. The average Bonchev–Trinajstić information content (AvgIpc) is 3.49. The first kappa shape index (κ1) is 31.5. The van der Waals surface area contributed by atoms with E-state index in [-0.39, 0.29) is 5.41 Å². The molecule has 2 N–H and O–H groups in total. The summed E-state index contributed by atoms with van der Waals surface area (Å²) in [6, 6.07) is 22.3. The number of imidazole rings is 1. The van der Waals surface area contributed by atoms with Gasteiger partial charge in [0.2, 0.25) is 0 Å². The molecule has 0 aliphatic rings. The number of hydrogen-bond donors (Lipinski definition) is 2. The lowest BCUT2D eigenvalue weighted by atomic mass is 9.86. The van der Waals surface area contributed by atoms with Gasteiger partial charge in [-0.3, -0.25) is 9.36 Å². The molecule has 7 nitrogen and oxygen atoms in total. The van der Waals surface area contributed by atoms with Crippen molar-refractivity contribution in [1.82, 2.24) is 14.9 Å². The Hall–Kier alpha value is -4.39. The molecule has 1 heterocycles. The smallest absolute Gasteiger partial charge is 0.333 e. The first-order valence-electron chi connectivity index (χ1n) is 15.1. The topological polar surface area (TPSA) is 93.5 Å². The fourth-order valence-electron chi connectivity index (χ4n) is 4.95. The van der Waals surface area contributed by atoms with Crippen molar-refractivity contribution < 1.29 is 19.4 Å². The standard InChI is InChI=1S/C36H43N3O4/c1-6-7-8-9-10-25-43-31-21-19-30(20-22-31)39-24-23-37-32(39)26-11-17-29(18-12-26)36(5,34(41)42)38-33(40)27-13-15-28(16-14-27)35(2,3)4/h11-24H,6-10,25H2,1-5H3,(H,38,40)(H,41,42)/t36-/m0/s1. The van der Waals surface area contributed by atoms with Crippen LogP contribution in [0.5, 0.6) is 5.75 Å². The van der Waals surface area contributed by atoms with E-state index in [9.17, 15) is 14.7 Å². The van der Waals surface area contributed by atoms with Crippen LogP contribution in [-0.4, -0.2) is 33.1 Å². The Kier molecular flexibility index (Phi) is 10.1. The summed E-state index contributed by atoms with van der Waals surface area (Å²) in [7, 11) is 0. The van der Waals surface area contributed by atoms with Crippen LogP contribution in [0.4, 0.5) is 0 Å². The second-order valence-electron chi connectivity index (χ2n) is 12.2. The maximum absolute atomic E-state index is 13.1. The molecular weight excluding hydrogens is 538 g/mol. The van der Waals surface area contributed by atoms with Gasteiger partial charge in [-0.15, -0.1) is 0 Å². The number of carbonyl (C=O) groups is 2. The number of nitrogens with one attached hydrogen (secondary N) is 1. The predicted octanol–water partition coefficient (Wildman–Crippen LogP) is 7.92. The molecule has 0 aliphatic carbocycles. The van der Waals surface area contributed by atoms with Gasteiger partial charge in [-0.2, -0.15) is 0 Å². The minimum Gasteiger partial charge on any atom is -0.494 e. The van der Waals surface area contributed by atoms with Gasteiger partial charge in [0.15, 0.2) is 5.54 Å². The summed E-state index contributed by atoms with van der Waals surface area (Å²) >= 11 is 0.